The van der Waals surface area contributed by atoms with E-state index in [1.807, 2.05) is 12.4 Å². The van der Waals surface area contributed by atoms with E-state index in [2.05, 4.69) is 16.5 Å². The maximum absolute atomic E-state index is 12.4. The highest BCUT2D eigenvalue weighted by Crippen LogP contribution is 2.69. The number of fused-ring (bicyclic) bond motifs is 5. The number of nitrogens with zero attached hydrogens (tertiary/aromatic N) is 2. The molecule has 3 fully saturated rings. The van der Waals surface area contributed by atoms with E-state index in [-0.39, 0.29) is 0 Å². The molecular weight excluding hydrogens is 224 g/mol. The standard InChI is InChI=1S/C15H20N2O/c1-2-17-6-5-16-12(17)8-11(18)15-13-9-3-4-10(7-9)14(13)15/h5-6,9-10,13-15H,2-4,7-8H2,1H3. The summed E-state index contributed by atoms with van der Waals surface area (Å²) in [4.78, 5) is 16.7. The molecule has 0 amide bonds. The zero-order valence-electron chi connectivity index (χ0n) is 10.9. The van der Waals surface area contributed by atoms with Crippen LogP contribution in [-0.4, -0.2) is 15.3 Å². The molecule has 3 heteroatoms. The number of Topliss-reactive ketones (excluding diaryl/α,β-unsaturated/α-hetero) is 1. The van der Waals surface area contributed by atoms with Crippen LogP contribution in [-0.2, 0) is 17.8 Å². The van der Waals surface area contributed by atoms with Crippen LogP contribution in [0.15, 0.2) is 12.4 Å². The van der Waals surface area contributed by atoms with Crippen molar-refractivity contribution in [1.82, 2.24) is 9.55 Å². The highest BCUT2D eigenvalue weighted by molar-refractivity contribution is 5.86. The van der Waals surface area contributed by atoms with Crippen molar-refractivity contribution in [3.8, 4) is 0 Å². The molecule has 4 unspecified atom stereocenters. The first-order valence-electron chi connectivity index (χ1n) is 7.32. The van der Waals surface area contributed by atoms with Gasteiger partial charge in [0.1, 0.15) is 11.6 Å². The van der Waals surface area contributed by atoms with E-state index in [9.17, 15) is 4.79 Å². The SMILES string of the molecule is CCn1ccnc1CC(=O)C1C2C3CCC(C3)C12. The van der Waals surface area contributed by atoms with E-state index in [1.165, 1.54) is 19.3 Å². The van der Waals surface area contributed by atoms with E-state index < -0.39 is 0 Å². The molecule has 0 N–H and O–H groups in total. The number of rotatable bonds is 4. The Labute approximate surface area is 108 Å². The van der Waals surface area contributed by atoms with Crippen molar-refractivity contribution in [2.75, 3.05) is 0 Å². The van der Waals surface area contributed by atoms with Crippen molar-refractivity contribution < 1.29 is 4.79 Å². The van der Waals surface area contributed by atoms with Gasteiger partial charge in [0.2, 0.25) is 0 Å². The predicted octanol–water partition coefficient (Wildman–Crippen LogP) is 2.31. The van der Waals surface area contributed by atoms with Crippen molar-refractivity contribution in [3.05, 3.63) is 18.2 Å². The predicted molar refractivity (Wildman–Crippen MR) is 67.9 cm³/mol. The molecule has 3 saturated carbocycles. The Morgan fingerprint density at radius 2 is 2.11 bits per heavy atom. The molecule has 0 aromatic carbocycles. The van der Waals surface area contributed by atoms with Gasteiger partial charge in [0.05, 0.1) is 6.42 Å². The van der Waals surface area contributed by atoms with Crippen LogP contribution in [0.3, 0.4) is 0 Å². The van der Waals surface area contributed by atoms with Crippen LogP contribution in [0, 0.1) is 29.6 Å². The maximum atomic E-state index is 12.4. The van der Waals surface area contributed by atoms with Crippen LogP contribution in [0.5, 0.6) is 0 Å². The van der Waals surface area contributed by atoms with Gasteiger partial charge in [-0.2, -0.15) is 0 Å². The Morgan fingerprint density at radius 1 is 1.39 bits per heavy atom. The molecule has 3 aliphatic rings. The fourth-order valence-corrected chi connectivity index (χ4v) is 4.82. The van der Waals surface area contributed by atoms with Gasteiger partial charge in [-0.3, -0.25) is 4.79 Å². The van der Waals surface area contributed by atoms with Crippen molar-refractivity contribution in [2.24, 2.45) is 29.6 Å². The molecule has 18 heavy (non-hydrogen) atoms. The van der Waals surface area contributed by atoms with Gasteiger partial charge in [-0.25, -0.2) is 4.98 Å². The topological polar surface area (TPSA) is 34.9 Å². The number of hydrogen-bond donors (Lipinski definition) is 0. The Kier molecular flexibility index (Phi) is 2.21. The second-order valence-electron chi connectivity index (χ2n) is 6.29. The van der Waals surface area contributed by atoms with Crippen LogP contribution in [0.4, 0.5) is 0 Å². The summed E-state index contributed by atoms with van der Waals surface area (Å²) in [6, 6.07) is 0. The lowest BCUT2D eigenvalue weighted by Crippen LogP contribution is -2.15. The Hall–Kier alpha value is -1.12. The van der Waals surface area contributed by atoms with E-state index in [0.717, 1.165) is 36.0 Å². The number of carbonyl (C=O) groups excluding carboxylic acids is 1. The lowest BCUT2D eigenvalue weighted by Gasteiger charge is -2.08. The minimum Gasteiger partial charge on any atom is -0.335 e. The number of hydrogen-bond acceptors (Lipinski definition) is 2. The van der Waals surface area contributed by atoms with E-state index in [0.29, 0.717) is 18.1 Å². The van der Waals surface area contributed by atoms with Gasteiger partial charge >= 0.3 is 0 Å². The molecule has 0 saturated heterocycles. The minimum absolute atomic E-state index is 0.401. The molecule has 3 aliphatic carbocycles. The fourth-order valence-electron chi connectivity index (χ4n) is 4.82. The molecule has 3 nitrogen and oxygen atoms in total. The first-order valence-corrected chi connectivity index (χ1v) is 7.32. The molecule has 96 valence electrons. The zero-order chi connectivity index (χ0) is 12.3. The number of imidazole rings is 1. The largest absolute Gasteiger partial charge is 0.335 e. The molecule has 0 aliphatic heterocycles. The number of aryl methyl sites for hydroxylation is 1. The highest BCUT2D eigenvalue weighted by Gasteiger charge is 2.66. The number of aromatic nitrogens is 2. The van der Waals surface area contributed by atoms with Crippen molar-refractivity contribution >= 4 is 5.78 Å². The Bertz CT molecular complexity index is 476. The second kappa shape index (κ2) is 3.69. The summed E-state index contributed by atoms with van der Waals surface area (Å²) < 4.78 is 2.09. The van der Waals surface area contributed by atoms with Gasteiger partial charge in [0.25, 0.3) is 0 Å². The quantitative estimate of drug-likeness (QED) is 0.814. The van der Waals surface area contributed by atoms with E-state index >= 15 is 0 Å². The molecule has 1 heterocycles. The van der Waals surface area contributed by atoms with Gasteiger partial charge in [-0.05, 0) is 49.9 Å². The van der Waals surface area contributed by atoms with Gasteiger partial charge in [0.15, 0.2) is 0 Å². The van der Waals surface area contributed by atoms with Crippen LogP contribution in [0.1, 0.15) is 32.0 Å². The van der Waals surface area contributed by atoms with Crippen molar-refractivity contribution in [1.29, 1.82) is 0 Å². The molecule has 1 aromatic heterocycles. The summed E-state index contributed by atoms with van der Waals surface area (Å²) in [5, 5.41) is 0. The maximum Gasteiger partial charge on any atom is 0.144 e. The average molecular weight is 244 g/mol. The van der Waals surface area contributed by atoms with Gasteiger partial charge in [-0.1, -0.05) is 0 Å². The number of carbonyl (C=O) groups is 1. The Balaban J connectivity index is 1.47. The molecule has 1 aromatic rings. The smallest absolute Gasteiger partial charge is 0.144 e. The van der Waals surface area contributed by atoms with Gasteiger partial charge in [0, 0.05) is 24.9 Å². The third-order valence-electron chi connectivity index (χ3n) is 5.58. The zero-order valence-corrected chi connectivity index (χ0v) is 10.9. The first-order chi connectivity index (χ1) is 8.79. The summed E-state index contributed by atoms with van der Waals surface area (Å²) in [6.45, 7) is 3.01. The van der Waals surface area contributed by atoms with E-state index in [4.69, 9.17) is 0 Å². The summed E-state index contributed by atoms with van der Waals surface area (Å²) in [5.41, 5.74) is 0. The number of ketones is 1. The lowest BCUT2D eigenvalue weighted by atomic mass is 9.98. The third kappa shape index (κ3) is 1.36. The highest BCUT2D eigenvalue weighted by atomic mass is 16.1. The third-order valence-corrected chi connectivity index (χ3v) is 5.58. The molecule has 2 bridgehead atoms. The van der Waals surface area contributed by atoms with Gasteiger partial charge < -0.3 is 4.57 Å². The molecule has 0 radical (unpaired) electrons. The monoisotopic (exact) mass is 244 g/mol. The second-order valence-corrected chi connectivity index (χ2v) is 6.29. The van der Waals surface area contributed by atoms with Crippen LogP contribution < -0.4 is 0 Å². The summed E-state index contributed by atoms with van der Waals surface area (Å²) >= 11 is 0. The van der Waals surface area contributed by atoms with Gasteiger partial charge in [-0.15, -0.1) is 0 Å². The van der Waals surface area contributed by atoms with Crippen molar-refractivity contribution in [3.63, 3.8) is 0 Å². The normalized spacial score (nSPS) is 39.9. The Morgan fingerprint density at radius 3 is 2.78 bits per heavy atom. The minimum atomic E-state index is 0.401. The molecular formula is C15H20N2O. The van der Waals surface area contributed by atoms with Crippen molar-refractivity contribution in [2.45, 2.75) is 39.2 Å². The molecule has 4 rings (SSSR count). The van der Waals surface area contributed by atoms with E-state index in [1.54, 1.807) is 0 Å². The first kappa shape index (κ1) is 10.8. The summed E-state index contributed by atoms with van der Waals surface area (Å²) in [7, 11) is 0. The van der Waals surface area contributed by atoms with Crippen LogP contribution >= 0.6 is 0 Å². The molecule has 0 spiro atoms. The van der Waals surface area contributed by atoms with Crippen LogP contribution in [0.2, 0.25) is 0 Å². The van der Waals surface area contributed by atoms with Crippen LogP contribution in [0.25, 0.3) is 0 Å². The summed E-state index contributed by atoms with van der Waals surface area (Å²) in [6.07, 6.45) is 8.53. The molecule has 4 atom stereocenters. The average Bonchev–Trinajstić information content (AvgIpc) is 2.73. The summed E-state index contributed by atoms with van der Waals surface area (Å²) in [5.74, 6) is 5.13. The fraction of sp³-hybridized carbons (Fsp3) is 0.733. The lowest BCUT2D eigenvalue weighted by molar-refractivity contribution is -0.120.